The van der Waals surface area contributed by atoms with Gasteiger partial charge in [0.25, 0.3) is 22.7 Å². The van der Waals surface area contributed by atoms with Crippen molar-refractivity contribution in [2.75, 3.05) is 19.0 Å². The average Bonchev–Trinajstić information content (AvgIpc) is 3.16. The molecule has 3 aromatic carbocycles. The molecule has 0 saturated carbocycles. The number of nitrogens with one attached hydrogen (secondary N) is 1. The summed E-state index contributed by atoms with van der Waals surface area (Å²) >= 11 is 0.745. The number of benzene rings is 3. The number of aryl methyl sites for hydroxylation is 1. The molecule has 0 spiro atoms. The zero-order chi connectivity index (χ0) is 27.2. The van der Waals surface area contributed by atoms with Gasteiger partial charge in [-0.05, 0) is 48.5 Å². The highest BCUT2D eigenvalue weighted by Crippen LogP contribution is 2.38. The molecule has 0 unspecified atom stereocenters. The van der Waals surface area contributed by atoms with Gasteiger partial charge in [-0.25, -0.2) is 0 Å². The van der Waals surface area contributed by atoms with Crippen LogP contribution in [0, 0.1) is 17.0 Å². The average molecular weight is 534 g/mol. The van der Waals surface area contributed by atoms with Crippen molar-refractivity contribution in [1.82, 2.24) is 4.90 Å². The van der Waals surface area contributed by atoms with E-state index >= 15 is 0 Å². The molecule has 0 radical (unpaired) electrons. The van der Waals surface area contributed by atoms with E-state index in [0.29, 0.717) is 22.6 Å². The Morgan fingerprint density at radius 3 is 2.55 bits per heavy atom. The number of amides is 3. The monoisotopic (exact) mass is 533 g/mol. The summed E-state index contributed by atoms with van der Waals surface area (Å²) in [5, 5.41) is 13.3. The van der Waals surface area contributed by atoms with Crippen LogP contribution in [0.3, 0.4) is 0 Å². The third-order valence-electron chi connectivity index (χ3n) is 5.53. The van der Waals surface area contributed by atoms with Gasteiger partial charge in [-0.15, -0.1) is 0 Å². The van der Waals surface area contributed by atoms with Crippen molar-refractivity contribution in [3.63, 3.8) is 0 Å². The normalized spacial score (nSPS) is 14.1. The quantitative estimate of drug-likeness (QED) is 0.227. The molecule has 194 valence electrons. The number of ether oxygens (including phenoxy) is 2. The Balaban J connectivity index is 1.51. The van der Waals surface area contributed by atoms with Crippen LogP contribution in [0.2, 0.25) is 0 Å². The van der Waals surface area contributed by atoms with Crippen molar-refractivity contribution >= 4 is 46.3 Å². The van der Waals surface area contributed by atoms with Gasteiger partial charge in [-0.1, -0.05) is 42.0 Å². The Morgan fingerprint density at radius 1 is 1.11 bits per heavy atom. The molecule has 1 aliphatic heterocycles. The number of imide groups is 1. The third kappa shape index (κ3) is 6.19. The zero-order valence-electron chi connectivity index (χ0n) is 20.5. The largest absolute Gasteiger partial charge is 0.493 e. The number of anilines is 1. The van der Waals surface area contributed by atoms with Crippen molar-refractivity contribution in [3.05, 3.63) is 98.4 Å². The molecule has 1 aliphatic rings. The lowest BCUT2D eigenvalue weighted by molar-refractivity contribution is -0.384. The van der Waals surface area contributed by atoms with Gasteiger partial charge >= 0.3 is 0 Å². The molecular weight excluding hydrogens is 510 g/mol. The Bertz CT molecular complexity index is 1440. The highest BCUT2D eigenvalue weighted by molar-refractivity contribution is 8.18. The Kier molecular flexibility index (Phi) is 8.07. The SMILES string of the molecule is COc1cccc(/C=C2/SC(=O)N(Cc3cccc([N+](=O)[O-])c3)C2=O)c1OCC(=O)Nc1ccc(C)cc1. The van der Waals surface area contributed by atoms with Crippen LogP contribution in [0.4, 0.5) is 16.2 Å². The molecule has 1 saturated heterocycles. The summed E-state index contributed by atoms with van der Waals surface area (Å²) in [5.74, 6) is -0.349. The second-order valence-electron chi connectivity index (χ2n) is 8.28. The number of thioether (sulfide) groups is 1. The second-order valence-corrected chi connectivity index (χ2v) is 9.27. The summed E-state index contributed by atoms with van der Waals surface area (Å²) in [4.78, 5) is 49.8. The van der Waals surface area contributed by atoms with Crippen LogP contribution < -0.4 is 14.8 Å². The highest BCUT2D eigenvalue weighted by atomic mass is 32.2. The van der Waals surface area contributed by atoms with Gasteiger partial charge in [-0.2, -0.15) is 0 Å². The summed E-state index contributed by atoms with van der Waals surface area (Å²) in [6.45, 7) is 1.52. The molecule has 3 amide bonds. The molecule has 11 heteroatoms. The maximum atomic E-state index is 13.0. The Hall–Kier alpha value is -4.64. The fourth-order valence-corrected chi connectivity index (χ4v) is 4.49. The van der Waals surface area contributed by atoms with E-state index in [9.17, 15) is 24.5 Å². The van der Waals surface area contributed by atoms with Gasteiger partial charge in [0.2, 0.25) is 0 Å². The number of nitro benzene ring substituents is 1. The molecule has 0 atom stereocenters. The third-order valence-corrected chi connectivity index (χ3v) is 6.44. The molecule has 1 fully saturated rings. The van der Waals surface area contributed by atoms with Gasteiger partial charge in [0, 0.05) is 23.4 Å². The van der Waals surface area contributed by atoms with Crippen LogP contribution in [0.1, 0.15) is 16.7 Å². The maximum Gasteiger partial charge on any atom is 0.293 e. The molecular formula is C27H23N3O7S. The van der Waals surface area contributed by atoms with Gasteiger partial charge < -0.3 is 14.8 Å². The first-order chi connectivity index (χ1) is 18.2. The van der Waals surface area contributed by atoms with Crippen molar-refractivity contribution < 1.29 is 28.8 Å². The Labute approximate surface area is 222 Å². The fourth-order valence-electron chi connectivity index (χ4n) is 3.66. The van der Waals surface area contributed by atoms with E-state index in [1.54, 1.807) is 36.4 Å². The maximum absolute atomic E-state index is 13.0. The van der Waals surface area contributed by atoms with E-state index < -0.39 is 16.1 Å². The van der Waals surface area contributed by atoms with Crippen LogP contribution >= 0.6 is 11.8 Å². The smallest absolute Gasteiger partial charge is 0.293 e. The van der Waals surface area contributed by atoms with E-state index in [0.717, 1.165) is 22.2 Å². The molecule has 10 nitrogen and oxygen atoms in total. The number of rotatable bonds is 9. The van der Waals surface area contributed by atoms with Gasteiger partial charge in [0.1, 0.15) is 0 Å². The lowest BCUT2D eigenvalue weighted by atomic mass is 10.1. The van der Waals surface area contributed by atoms with E-state index in [4.69, 9.17) is 9.47 Å². The minimum Gasteiger partial charge on any atom is -0.493 e. The number of carbonyl (C=O) groups excluding carboxylic acids is 3. The summed E-state index contributed by atoms with van der Waals surface area (Å²) < 4.78 is 11.2. The summed E-state index contributed by atoms with van der Waals surface area (Å²) in [5.41, 5.74) is 2.45. The fraction of sp³-hybridized carbons (Fsp3) is 0.148. The van der Waals surface area contributed by atoms with Gasteiger partial charge in [-0.3, -0.25) is 29.4 Å². The van der Waals surface area contributed by atoms with E-state index in [-0.39, 0.29) is 35.4 Å². The van der Waals surface area contributed by atoms with Crippen molar-refractivity contribution in [2.24, 2.45) is 0 Å². The van der Waals surface area contributed by atoms with Gasteiger partial charge in [0.15, 0.2) is 18.1 Å². The standard InChI is InChI=1S/C27H23N3O7S/c1-17-9-11-20(12-10-17)28-24(31)16-37-25-19(6-4-8-22(25)36-2)14-23-26(32)29(27(33)38-23)15-18-5-3-7-21(13-18)30(34)35/h3-14H,15-16H2,1-2H3,(H,28,31)/b23-14+. The molecule has 0 bridgehead atoms. The van der Waals surface area contributed by atoms with E-state index in [2.05, 4.69) is 5.32 Å². The zero-order valence-corrected chi connectivity index (χ0v) is 21.3. The van der Waals surface area contributed by atoms with Crippen LogP contribution in [0.5, 0.6) is 11.5 Å². The van der Waals surface area contributed by atoms with Gasteiger partial charge in [0.05, 0.1) is 23.5 Å². The number of methoxy groups -OCH3 is 1. The molecule has 38 heavy (non-hydrogen) atoms. The number of nitrogens with zero attached hydrogens (tertiary/aromatic N) is 2. The number of hydrogen-bond acceptors (Lipinski definition) is 8. The van der Waals surface area contributed by atoms with Crippen LogP contribution in [-0.2, 0) is 16.1 Å². The van der Waals surface area contributed by atoms with Crippen molar-refractivity contribution in [1.29, 1.82) is 0 Å². The first kappa shape index (κ1) is 26.4. The minimum atomic E-state index is -0.544. The molecule has 4 rings (SSSR count). The number of carbonyl (C=O) groups is 3. The predicted octanol–water partition coefficient (Wildman–Crippen LogP) is 5.17. The number of para-hydroxylation sites is 1. The lowest BCUT2D eigenvalue weighted by Crippen LogP contribution is -2.27. The van der Waals surface area contributed by atoms with E-state index in [1.807, 2.05) is 19.1 Å². The molecule has 0 aliphatic carbocycles. The van der Waals surface area contributed by atoms with Crippen LogP contribution in [0.25, 0.3) is 6.08 Å². The molecule has 1 N–H and O–H groups in total. The summed E-state index contributed by atoms with van der Waals surface area (Å²) in [6.07, 6.45) is 1.49. The van der Waals surface area contributed by atoms with Crippen LogP contribution in [0.15, 0.2) is 71.6 Å². The van der Waals surface area contributed by atoms with Crippen LogP contribution in [-0.4, -0.2) is 40.6 Å². The van der Waals surface area contributed by atoms with Crippen molar-refractivity contribution in [3.8, 4) is 11.5 Å². The Morgan fingerprint density at radius 2 is 1.84 bits per heavy atom. The molecule has 3 aromatic rings. The van der Waals surface area contributed by atoms with Crippen molar-refractivity contribution in [2.45, 2.75) is 13.5 Å². The molecule has 0 aromatic heterocycles. The predicted molar refractivity (Wildman–Crippen MR) is 143 cm³/mol. The first-order valence-corrected chi connectivity index (χ1v) is 12.2. The first-order valence-electron chi connectivity index (χ1n) is 11.4. The summed E-state index contributed by atoms with van der Waals surface area (Å²) in [6, 6.07) is 18.1. The molecule has 1 heterocycles. The number of nitro groups is 1. The van der Waals surface area contributed by atoms with E-state index in [1.165, 1.54) is 31.4 Å². The topological polar surface area (TPSA) is 128 Å². The number of non-ortho nitro benzene ring substituents is 1. The highest BCUT2D eigenvalue weighted by Gasteiger charge is 2.35. The second kappa shape index (κ2) is 11.6. The lowest BCUT2D eigenvalue weighted by Gasteiger charge is -2.14. The summed E-state index contributed by atoms with van der Waals surface area (Å²) in [7, 11) is 1.45. The number of hydrogen-bond donors (Lipinski definition) is 1. The minimum absolute atomic E-state index is 0.107.